The lowest BCUT2D eigenvalue weighted by Gasteiger charge is -2.04. The van der Waals surface area contributed by atoms with E-state index >= 15 is 0 Å². The molecule has 1 heterocycles. The van der Waals surface area contributed by atoms with E-state index < -0.39 is 5.97 Å². The van der Waals surface area contributed by atoms with Gasteiger partial charge in [-0.05, 0) is 24.6 Å². The highest BCUT2D eigenvalue weighted by Crippen LogP contribution is 2.15. The average Bonchev–Trinajstić information content (AvgIpc) is 2.77. The summed E-state index contributed by atoms with van der Waals surface area (Å²) in [5.74, 6) is 0.586. The fourth-order valence-electron chi connectivity index (χ4n) is 1.74. The normalized spacial score (nSPS) is 10.6. The summed E-state index contributed by atoms with van der Waals surface area (Å²) < 4.78 is 7.24. The number of rotatable bonds is 7. The Morgan fingerprint density at radius 1 is 1.48 bits per heavy atom. The predicted molar refractivity (Wildman–Crippen MR) is 79.7 cm³/mol. The summed E-state index contributed by atoms with van der Waals surface area (Å²) in [6, 6.07) is 7.84. The minimum Gasteiger partial charge on any atom is -0.493 e. The fraction of sp³-hybridized carbons (Fsp3) is 0.357. The van der Waals surface area contributed by atoms with E-state index in [1.165, 1.54) is 0 Å². The van der Waals surface area contributed by atoms with Crippen molar-refractivity contribution in [2.24, 2.45) is 7.05 Å². The third-order valence-electron chi connectivity index (χ3n) is 2.68. The molecule has 0 saturated heterocycles. The van der Waals surface area contributed by atoms with E-state index in [9.17, 15) is 4.79 Å². The van der Waals surface area contributed by atoms with Crippen LogP contribution in [-0.4, -0.2) is 38.2 Å². The molecule has 0 aliphatic rings. The number of hydrogen-bond donors (Lipinski definition) is 1. The van der Waals surface area contributed by atoms with Gasteiger partial charge in [-0.25, -0.2) is 9.67 Å². The molecule has 0 radical (unpaired) electrons. The average molecular weight is 307 g/mol. The van der Waals surface area contributed by atoms with Crippen LogP contribution in [0.25, 0.3) is 0 Å². The molecule has 0 bridgehead atoms. The van der Waals surface area contributed by atoms with Crippen molar-refractivity contribution >= 4 is 17.7 Å². The predicted octanol–water partition coefficient (Wildman–Crippen LogP) is 1.92. The Labute approximate surface area is 127 Å². The number of carboxylic acids is 1. The Kier molecular flexibility index (Phi) is 5.21. The van der Waals surface area contributed by atoms with Gasteiger partial charge in [0, 0.05) is 13.5 Å². The van der Waals surface area contributed by atoms with Crippen LogP contribution < -0.4 is 4.74 Å². The zero-order valence-corrected chi connectivity index (χ0v) is 12.8. The smallest absolute Gasteiger partial charge is 0.313 e. The van der Waals surface area contributed by atoms with Gasteiger partial charge < -0.3 is 9.84 Å². The molecule has 0 spiro atoms. The van der Waals surface area contributed by atoms with Crippen LogP contribution in [0.5, 0.6) is 5.75 Å². The van der Waals surface area contributed by atoms with Crippen molar-refractivity contribution < 1.29 is 14.6 Å². The number of nitrogens with zero attached hydrogens (tertiary/aromatic N) is 3. The highest BCUT2D eigenvalue weighted by atomic mass is 32.2. The maximum Gasteiger partial charge on any atom is 0.313 e. The first-order valence-electron chi connectivity index (χ1n) is 6.48. The largest absolute Gasteiger partial charge is 0.493 e. The number of ether oxygens (including phenoxy) is 1. The Morgan fingerprint density at radius 3 is 3.00 bits per heavy atom. The van der Waals surface area contributed by atoms with Crippen LogP contribution in [0.2, 0.25) is 0 Å². The second kappa shape index (κ2) is 7.12. The van der Waals surface area contributed by atoms with Crippen LogP contribution in [-0.2, 0) is 18.3 Å². The van der Waals surface area contributed by atoms with Gasteiger partial charge in [0.1, 0.15) is 5.75 Å². The Balaban J connectivity index is 1.86. The molecule has 2 aromatic rings. The standard InChI is InChI=1S/C14H17N3O3S/c1-10-4-3-5-11(8-10)20-7-6-12-15-14(17(2)16-12)21-9-13(18)19/h3-5,8H,6-7,9H2,1-2H3,(H,18,19). The van der Waals surface area contributed by atoms with Gasteiger partial charge in [0.05, 0.1) is 12.4 Å². The van der Waals surface area contributed by atoms with Crippen molar-refractivity contribution in [2.75, 3.05) is 12.4 Å². The number of thioether (sulfide) groups is 1. The van der Waals surface area contributed by atoms with E-state index in [1.54, 1.807) is 11.7 Å². The molecule has 112 valence electrons. The van der Waals surface area contributed by atoms with Gasteiger partial charge in [-0.1, -0.05) is 23.9 Å². The second-order valence-corrected chi connectivity index (χ2v) is 5.47. The van der Waals surface area contributed by atoms with E-state index in [1.807, 2.05) is 31.2 Å². The first kappa shape index (κ1) is 15.4. The topological polar surface area (TPSA) is 77.2 Å². The summed E-state index contributed by atoms with van der Waals surface area (Å²) in [5, 5.41) is 13.5. The maximum absolute atomic E-state index is 10.5. The van der Waals surface area contributed by atoms with Gasteiger partial charge in [0.2, 0.25) is 0 Å². The van der Waals surface area contributed by atoms with Crippen molar-refractivity contribution in [3.8, 4) is 5.75 Å². The van der Waals surface area contributed by atoms with Crippen LogP contribution in [0.3, 0.4) is 0 Å². The number of aryl methyl sites for hydroxylation is 2. The number of carbonyl (C=O) groups is 1. The number of benzene rings is 1. The molecule has 0 aliphatic carbocycles. The molecule has 7 heteroatoms. The number of carboxylic acid groups (broad SMARTS) is 1. The summed E-state index contributed by atoms with van der Waals surface area (Å²) in [4.78, 5) is 14.9. The third-order valence-corrected chi connectivity index (χ3v) is 3.68. The van der Waals surface area contributed by atoms with Crippen molar-refractivity contribution in [2.45, 2.75) is 18.5 Å². The minimum absolute atomic E-state index is 0.0221. The van der Waals surface area contributed by atoms with E-state index in [2.05, 4.69) is 10.1 Å². The first-order valence-corrected chi connectivity index (χ1v) is 7.47. The number of aliphatic carboxylic acids is 1. The van der Waals surface area contributed by atoms with Crippen LogP contribution in [0.1, 0.15) is 11.4 Å². The van der Waals surface area contributed by atoms with Crippen molar-refractivity contribution in [3.63, 3.8) is 0 Å². The lowest BCUT2D eigenvalue weighted by atomic mass is 10.2. The third kappa shape index (κ3) is 4.78. The highest BCUT2D eigenvalue weighted by Gasteiger charge is 2.09. The molecule has 1 N–H and O–H groups in total. The van der Waals surface area contributed by atoms with Crippen LogP contribution in [0.15, 0.2) is 29.4 Å². The van der Waals surface area contributed by atoms with E-state index in [-0.39, 0.29) is 5.75 Å². The summed E-state index contributed by atoms with van der Waals surface area (Å²) in [6.07, 6.45) is 0.579. The maximum atomic E-state index is 10.5. The Bertz CT molecular complexity index is 628. The molecule has 0 unspecified atom stereocenters. The lowest BCUT2D eigenvalue weighted by molar-refractivity contribution is -0.133. The van der Waals surface area contributed by atoms with E-state index in [0.717, 1.165) is 23.1 Å². The van der Waals surface area contributed by atoms with E-state index in [0.29, 0.717) is 24.0 Å². The molecule has 0 amide bonds. The number of aromatic nitrogens is 3. The van der Waals surface area contributed by atoms with Gasteiger partial charge in [0.25, 0.3) is 0 Å². The SMILES string of the molecule is Cc1cccc(OCCc2nc(SCC(=O)O)n(C)n2)c1. The molecule has 21 heavy (non-hydrogen) atoms. The Hall–Kier alpha value is -2.02. The molecular formula is C14H17N3O3S. The molecule has 2 rings (SSSR count). The van der Waals surface area contributed by atoms with Crippen molar-refractivity contribution in [1.29, 1.82) is 0 Å². The van der Waals surface area contributed by atoms with Crippen molar-refractivity contribution in [1.82, 2.24) is 14.8 Å². The van der Waals surface area contributed by atoms with Gasteiger partial charge in [-0.15, -0.1) is 0 Å². The van der Waals surface area contributed by atoms with Gasteiger partial charge in [0.15, 0.2) is 11.0 Å². The molecule has 0 aliphatic heterocycles. The molecule has 0 fully saturated rings. The summed E-state index contributed by atoms with van der Waals surface area (Å²) in [5.41, 5.74) is 1.15. The van der Waals surface area contributed by atoms with Crippen LogP contribution >= 0.6 is 11.8 Å². The monoisotopic (exact) mass is 307 g/mol. The second-order valence-electron chi connectivity index (χ2n) is 4.53. The van der Waals surface area contributed by atoms with Gasteiger partial charge in [-0.2, -0.15) is 5.10 Å². The fourth-order valence-corrected chi connectivity index (χ4v) is 2.39. The van der Waals surface area contributed by atoms with Crippen LogP contribution in [0.4, 0.5) is 0 Å². The molecule has 1 aromatic heterocycles. The molecular weight excluding hydrogens is 290 g/mol. The minimum atomic E-state index is -0.868. The lowest BCUT2D eigenvalue weighted by Crippen LogP contribution is -2.03. The summed E-state index contributed by atoms with van der Waals surface area (Å²) >= 11 is 1.16. The Morgan fingerprint density at radius 2 is 2.29 bits per heavy atom. The molecule has 1 aromatic carbocycles. The van der Waals surface area contributed by atoms with E-state index in [4.69, 9.17) is 9.84 Å². The zero-order chi connectivity index (χ0) is 15.2. The van der Waals surface area contributed by atoms with Crippen molar-refractivity contribution in [3.05, 3.63) is 35.7 Å². The van der Waals surface area contributed by atoms with Crippen LogP contribution in [0, 0.1) is 6.92 Å². The molecule has 0 atom stereocenters. The quantitative estimate of drug-likeness (QED) is 0.788. The molecule has 6 nitrogen and oxygen atoms in total. The highest BCUT2D eigenvalue weighted by molar-refractivity contribution is 7.99. The van der Waals surface area contributed by atoms with Gasteiger partial charge in [-0.3, -0.25) is 4.79 Å². The number of hydrogen-bond acceptors (Lipinski definition) is 5. The summed E-state index contributed by atoms with van der Waals surface area (Å²) in [6.45, 7) is 2.50. The van der Waals surface area contributed by atoms with Gasteiger partial charge >= 0.3 is 5.97 Å². The molecule has 0 saturated carbocycles. The summed E-state index contributed by atoms with van der Waals surface area (Å²) in [7, 11) is 1.75. The zero-order valence-electron chi connectivity index (χ0n) is 11.9. The first-order chi connectivity index (χ1) is 10.0.